The van der Waals surface area contributed by atoms with E-state index in [4.69, 9.17) is 12.2 Å². The number of hydrogen-bond donors (Lipinski definition) is 1. The SMILES string of the molecule is Cc1cc(/C=N\n2c(C)n[nH]c2=S)c(C)n1C1CCCCC1. The third-order valence-electron chi connectivity index (χ3n) is 4.59. The Morgan fingerprint density at radius 2 is 2.00 bits per heavy atom. The molecule has 1 saturated carbocycles. The second kappa shape index (κ2) is 6.20. The summed E-state index contributed by atoms with van der Waals surface area (Å²) in [6.07, 6.45) is 8.53. The quantitative estimate of drug-likeness (QED) is 0.685. The lowest BCUT2D eigenvalue weighted by Crippen LogP contribution is -2.15. The highest BCUT2D eigenvalue weighted by Gasteiger charge is 2.19. The van der Waals surface area contributed by atoms with E-state index in [0.29, 0.717) is 10.8 Å². The molecule has 2 aromatic rings. The van der Waals surface area contributed by atoms with Crippen molar-refractivity contribution < 1.29 is 0 Å². The fourth-order valence-corrected chi connectivity index (χ4v) is 3.69. The van der Waals surface area contributed by atoms with E-state index in [9.17, 15) is 0 Å². The minimum absolute atomic E-state index is 0.523. The molecule has 118 valence electrons. The van der Waals surface area contributed by atoms with Crippen LogP contribution in [-0.2, 0) is 0 Å². The van der Waals surface area contributed by atoms with Crippen LogP contribution in [0.3, 0.4) is 0 Å². The number of H-pyrrole nitrogens is 1. The van der Waals surface area contributed by atoms with Crippen LogP contribution in [0.25, 0.3) is 0 Å². The van der Waals surface area contributed by atoms with Crippen molar-refractivity contribution in [2.45, 2.75) is 58.9 Å². The lowest BCUT2D eigenvalue weighted by molar-refractivity contribution is 0.346. The van der Waals surface area contributed by atoms with Gasteiger partial charge in [0.2, 0.25) is 4.77 Å². The van der Waals surface area contributed by atoms with Crippen LogP contribution in [-0.4, -0.2) is 25.7 Å². The zero-order valence-corrected chi connectivity index (χ0v) is 14.3. The molecule has 1 aliphatic carbocycles. The van der Waals surface area contributed by atoms with E-state index < -0.39 is 0 Å². The summed E-state index contributed by atoms with van der Waals surface area (Å²) in [4.78, 5) is 0. The number of nitrogens with zero attached hydrogens (tertiary/aromatic N) is 4. The summed E-state index contributed by atoms with van der Waals surface area (Å²) >= 11 is 5.18. The maximum Gasteiger partial charge on any atom is 0.216 e. The van der Waals surface area contributed by atoms with Crippen molar-refractivity contribution in [3.63, 3.8) is 0 Å². The van der Waals surface area contributed by atoms with Crippen LogP contribution < -0.4 is 0 Å². The van der Waals surface area contributed by atoms with Crippen LogP contribution in [0.2, 0.25) is 0 Å². The average Bonchev–Trinajstić information content (AvgIpc) is 2.98. The zero-order chi connectivity index (χ0) is 15.7. The third-order valence-corrected chi connectivity index (χ3v) is 4.85. The summed E-state index contributed by atoms with van der Waals surface area (Å²) < 4.78 is 4.67. The van der Waals surface area contributed by atoms with Crippen molar-refractivity contribution >= 4 is 18.4 Å². The Morgan fingerprint density at radius 3 is 2.64 bits per heavy atom. The molecule has 5 nitrogen and oxygen atoms in total. The van der Waals surface area contributed by atoms with Gasteiger partial charge in [-0.05, 0) is 51.9 Å². The Labute approximate surface area is 136 Å². The van der Waals surface area contributed by atoms with Crippen LogP contribution in [0.1, 0.15) is 60.9 Å². The molecule has 3 rings (SSSR count). The average molecular weight is 317 g/mol. The van der Waals surface area contributed by atoms with Crippen molar-refractivity contribution in [3.8, 4) is 0 Å². The maximum absolute atomic E-state index is 5.18. The first-order valence-electron chi connectivity index (χ1n) is 7.94. The predicted molar refractivity (Wildman–Crippen MR) is 91.2 cm³/mol. The first kappa shape index (κ1) is 15.2. The number of aromatic amines is 1. The second-order valence-corrected chi connectivity index (χ2v) is 6.51. The van der Waals surface area contributed by atoms with Crippen molar-refractivity contribution in [2.75, 3.05) is 0 Å². The van der Waals surface area contributed by atoms with Gasteiger partial charge in [-0.1, -0.05) is 19.3 Å². The van der Waals surface area contributed by atoms with Gasteiger partial charge in [-0.15, -0.1) is 0 Å². The van der Waals surface area contributed by atoms with Crippen molar-refractivity contribution in [1.82, 2.24) is 19.4 Å². The van der Waals surface area contributed by atoms with Gasteiger partial charge >= 0.3 is 0 Å². The largest absolute Gasteiger partial charge is 0.345 e. The Bertz CT molecular complexity index is 743. The van der Waals surface area contributed by atoms with Crippen molar-refractivity contribution in [2.24, 2.45) is 5.10 Å². The Hall–Kier alpha value is -1.69. The van der Waals surface area contributed by atoms with Gasteiger partial charge in [-0.25, -0.2) is 0 Å². The number of aryl methyl sites for hydroxylation is 2. The highest BCUT2D eigenvalue weighted by atomic mass is 32.1. The van der Waals surface area contributed by atoms with Gasteiger partial charge in [0, 0.05) is 23.0 Å². The molecule has 0 amide bonds. The second-order valence-electron chi connectivity index (χ2n) is 6.12. The molecule has 0 bridgehead atoms. The molecule has 1 N–H and O–H groups in total. The monoisotopic (exact) mass is 317 g/mol. The van der Waals surface area contributed by atoms with Crippen LogP contribution in [0.5, 0.6) is 0 Å². The van der Waals surface area contributed by atoms with Crippen LogP contribution in [0.15, 0.2) is 11.2 Å². The molecule has 0 unspecified atom stereocenters. The molecule has 1 aliphatic rings. The Morgan fingerprint density at radius 1 is 1.27 bits per heavy atom. The smallest absolute Gasteiger partial charge is 0.216 e. The molecule has 0 aromatic carbocycles. The van der Waals surface area contributed by atoms with Crippen molar-refractivity contribution in [3.05, 3.63) is 33.6 Å². The van der Waals surface area contributed by atoms with Gasteiger partial charge in [0.05, 0.1) is 6.21 Å². The Kier molecular flexibility index (Phi) is 4.29. The van der Waals surface area contributed by atoms with E-state index in [1.54, 1.807) is 4.68 Å². The molecule has 6 heteroatoms. The normalized spacial score (nSPS) is 16.7. The molecular weight excluding hydrogens is 294 g/mol. The molecule has 0 radical (unpaired) electrons. The molecule has 0 spiro atoms. The molecule has 2 heterocycles. The molecule has 22 heavy (non-hydrogen) atoms. The summed E-state index contributed by atoms with van der Waals surface area (Å²) in [6, 6.07) is 2.86. The summed E-state index contributed by atoms with van der Waals surface area (Å²) in [5.41, 5.74) is 3.77. The fraction of sp³-hybridized carbons (Fsp3) is 0.562. The molecular formula is C16H23N5S. The summed E-state index contributed by atoms with van der Waals surface area (Å²) in [5, 5.41) is 11.3. The van der Waals surface area contributed by atoms with E-state index in [0.717, 1.165) is 11.4 Å². The number of rotatable bonds is 3. The number of aromatic nitrogens is 4. The standard InChI is InChI=1S/C16H23N5S/c1-11-9-14(10-17-21-13(3)18-19-16(21)22)12(2)20(11)15-7-5-4-6-8-15/h9-10,15H,4-8H2,1-3H3,(H,19,22)/b17-10-. The number of hydrogen-bond acceptors (Lipinski definition) is 3. The van der Waals surface area contributed by atoms with E-state index in [-0.39, 0.29) is 0 Å². The van der Waals surface area contributed by atoms with Gasteiger partial charge in [0.25, 0.3) is 0 Å². The first-order valence-corrected chi connectivity index (χ1v) is 8.35. The van der Waals surface area contributed by atoms with Crippen molar-refractivity contribution in [1.29, 1.82) is 0 Å². The van der Waals surface area contributed by atoms with E-state index >= 15 is 0 Å². The molecule has 0 atom stereocenters. The molecule has 0 saturated heterocycles. The minimum atomic E-state index is 0.523. The minimum Gasteiger partial charge on any atom is -0.345 e. The van der Waals surface area contributed by atoms with Gasteiger partial charge < -0.3 is 4.57 Å². The molecule has 1 fully saturated rings. The maximum atomic E-state index is 5.18. The third kappa shape index (κ3) is 2.79. The van der Waals surface area contributed by atoms with Crippen LogP contribution in [0, 0.1) is 25.5 Å². The fourth-order valence-electron chi connectivity index (χ4n) is 3.46. The van der Waals surface area contributed by atoms with E-state index in [1.165, 1.54) is 43.5 Å². The highest BCUT2D eigenvalue weighted by Crippen LogP contribution is 2.31. The first-order chi connectivity index (χ1) is 10.6. The highest BCUT2D eigenvalue weighted by molar-refractivity contribution is 7.71. The summed E-state index contributed by atoms with van der Waals surface area (Å²) in [7, 11) is 0. The Balaban J connectivity index is 1.91. The topological polar surface area (TPSA) is 50.9 Å². The van der Waals surface area contributed by atoms with Crippen LogP contribution in [0.4, 0.5) is 0 Å². The van der Waals surface area contributed by atoms with Gasteiger partial charge in [-0.2, -0.15) is 14.9 Å². The molecule has 0 aliphatic heterocycles. The van der Waals surface area contributed by atoms with Gasteiger partial charge in [-0.3, -0.25) is 5.10 Å². The lowest BCUT2D eigenvalue weighted by Gasteiger charge is -2.26. The van der Waals surface area contributed by atoms with Gasteiger partial charge in [0.15, 0.2) is 0 Å². The van der Waals surface area contributed by atoms with E-state index in [2.05, 4.69) is 39.8 Å². The zero-order valence-electron chi connectivity index (χ0n) is 13.5. The van der Waals surface area contributed by atoms with Crippen LogP contribution >= 0.6 is 12.2 Å². The molecule has 2 aromatic heterocycles. The number of nitrogens with one attached hydrogen (secondary N) is 1. The summed E-state index contributed by atoms with van der Waals surface area (Å²) in [5.74, 6) is 0.766. The van der Waals surface area contributed by atoms with Gasteiger partial charge in [0.1, 0.15) is 5.82 Å². The lowest BCUT2D eigenvalue weighted by atomic mass is 9.95. The predicted octanol–water partition coefficient (Wildman–Crippen LogP) is 4.05. The van der Waals surface area contributed by atoms with E-state index in [1.807, 2.05) is 13.1 Å². The summed E-state index contributed by atoms with van der Waals surface area (Å²) in [6.45, 7) is 6.26.